The fourth-order valence-corrected chi connectivity index (χ4v) is 1.42. The highest BCUT2D eigenvalue weighted by molar-refractivity contribution is 5.50. The maximum Gasteiger partial charge on any atom is 0.256 e. The van der Waals surface area contributed by atoms with E-state index in [-0.39, 0.29) is 5.88 Å². The van der Waals surface area contributed by atoms with Gasteiger partial charge < -0.3 is 9.64 Å². The number of hydrogen-bond acceptors (Lipinski definition) is 5. The van der Waals surface area contributed by atoms with Gasteiger partial charge in [0.05, 0.1) is 6.20 Å². The first-order valence-corrected chi connectivity index (χ1v) is 5.38. The van der Waals surface area contributed by atoms with E-state index < -0.39 is 0 Å². The smallest absolute Gasteiger partial charge is 0.256 e. The Hall–Kier alpha value is -2.61. The maximum absolute atomic E-state index is 8.93. The van der Waals surface area contributed by atoms with E-state index in [0.717, 1.165) is 5.69 Å². The summed E-state index contributed by atoms with van der Waals surface area (Å²) in [6.45, 7) is 0. The van der Waals surface area contributed by atoms with Gasteiger partial charge in [-0.1, -0.05) is 6.07 Å². The van der Waals surface area contributed by atoms with E-state index in [4.69, 9.17) is 10.00 Å². The van der Waals surface area contributed by atoms with Crippen LogP contribution in [-0.4, -0.2) is 24.3 Å². The Balaban J connectivity index is 2.29. The first kappa shape index (κ1) is 11.9. The van der Waals surface area contributed by atoms with E-state index in [9.17, 15) is 0 Å². The van der Waals surface area contributed by atoms with Crippen molar-refractivity contribution in [2.24, 2.45) is 0 Å². The molecule has 0 amide bonds. The van der Waals surface area contributed by atoms with E-state index in [1.54, 1.807) is 6.07 Å². The predicted octanol–water partition coefficient (Wildman–Crippen LogP) is 2.21. The van der Waals surface area contributed by atoms with Gasteiger partial charge in [0, 0.05) is 25.8 Å². The number of benzene rings is 1. The van der Waals surface area contributed by atoms with Crippen molar-refractivity contribution in [3.05, 3.63) is 42.1 Å². The monoisotopic (exact) mass is 240 g/mol. The van der Waals surface area contributed by atoms with Crippen molar-refractivity contribution in [2.45, 2.75) is 0 Å². The van der Waals surface area contributed by atoms with Crippen molar-refractivity contribution < 1.29 is 4.74 Å². The molecule has 0 saturated heterocycles. The van der Waals surface area contributed by atoms with Crippen LogP contribution >= 0.6 is 0 Å². The largest absolute Gasteiger partial charge is 0.436 e. The zero-order valence-electron chi connectivity index (χ0n) is 10.2. The molecule has 18 heavy (non-hydrogen) atoms. The number of anilines is 1. The van der Waals surface area contributed by atoms with Gasteiger partial charge in [-0.05, 0) is 18.2 Å². The summed E-state index contributed by atoms with van der Waals surface area (Å²) in [6.07, 6.45) is 1.46. The van der Waals surface area contributed by atoms with Crippen LogP contribution in [0.5, 0.6) is 11.6 Å². The highest BCUT2D eigenvalue weighted by Gasteiger charge is 2.07. The number of rotatable bonds is 3. The first-order chi connectivity index (χ1) is 8.70. The molecule has 1 aromatic heterocycles. The molecule has 0 bridgehead atoms. The van der Waals surface area contributed by atoms with Gasteiger partial charge in [-0.3, -0.25) is 0 Å². The molecule has 0 unspecified atom stereocenters. The summed E-state index contributed by atoms with van der Waals surface area (Å²) < 4.78 is 5.57. The quantitative estimate of drug-likeness (QED) is 0.823. The van der Waals surface area contributed by atoms with Crippen molar-refractivity contribution in [1.29, 1.82) is 5.26 Å². The molecule has 2 aromatic rings. The minimum Gasteiger partial charge on any atom is -0.436 e. The van der Waals surface area contributed by atoms with Gasteiger partial charge in [-0.15, -0.1) is 5.10 Å². The number of aromatic nitrogens is 2. The second kappa shape index (κ2) is 5.15. The zero-order chi connectivity index (χ0) is 13.0. The molecule has 1 heterocycles. The van der Waals surface area contributed by atoms with Crippen molar-refractivity contribution >= 4 is 5.69 Å². The number of nitriles is 1. The topological polar surface area (TPSA) is 62.0 Å². The van der Waals surface area contributed by atoms with Crippen LogP contribution in [0.15, 0.2) is 36.5 Å². The van der Waals surface area contributed by atoms with Gasteiger partial charge in [0.1, 0.15) is 17.4 Å². The van der Waals surface area contributed by atoms with Gasteiger partial charge in [0.15, 0.2) is 0 Å². The molecule has 5 nitrogen and oxygen atoms in total. The van der Waals surface area contributed by atoms with Crippen molar-refractivity contribution in [2.75, 3.05) is 19.0 Å². The summed E-state index contributed by atoms with van der Waals surface area (Å²) in [4.78, 5) is 1.97. The SMILES string of the molecule is CN(C)c1cccc(Oc2nnccc2C#N)c1. The molecule has 0 aliphatic carbocycles. The minimum atomic E-state index is 0.218. The van der Waals surface area contributed by atoms with Crippen molar-refractivity contribution in [3.8, 4) is 17.7 Å². The molecular weight excluding hydrogens is 228 g/mol. The second-order valence-electron chi connectivity index (χ2n) is 3.86. The van der Waals surface area contributed by atoms with Gasteiger partial charge in [-0.2, -0.15) is 10.4 Å². The van der Waals surface area contributed by atoms with E-state index in [2.05, 4.69) is 10.2 Å². The highest BCUT2D eigenvalue weighted by Crippen LogP contribution is 2.25. The lowest BCUT2D eigenvalue weighted by atomic mass is 10.3. The molecule has 0 atom stereocenters. The Morgan fingerprint density at radius 1 is 1.28 bits per heavy atom. The van der Waals surface area contributed by atoms with Crippen LogP contribution in [0.25, 0.3) is 0 Å². The highest BCUT2D eigenvalue weighted by atomic mass is 16.5. The first-order valence-electron chi connectivity index (χ1n) is 5.38. The van der Waals surface area contributed by atoms with Gasteiger partial charge in [-0.25, -0.2) is 0 Å². The maximum atomic E-state index is 8.93. The number of nitrogens with zero attached hydrogens (tertiary/aromatic N) is 4. The van der Waals surface area contributed by atoms with E-state index in [1.807, 2.05) is 49.3 Å². The third-order valence-corrected chi connectivity index (χ3v) is 2.36. The van der Waals surface area contributed by atoms with E-state index in [1.165, 1.54) is 6.20 Å². The van der Waals surface area contributed by atoms with Crippen LogP contribution in [0.3, 0.4) is 0 Å². The molecule has 1 aromatic carbocycles. The van der Waals surface area contributed by atoms with Gasteiger partial charge in [0.2, 0.25) is 0 Å². The molecule has 0 aliphatic heterocycles. The molecule has 0 saturated carbocycles. The average molecular weight is 240 g/mol. The Kier molecular flexibility index (Phi) is 3.39. The van der Waals surface area contributed by atoms with Crippen LogP contribution in [-0.2, 0) is 0 Å². The number of hydrogen-bond donors (Lipinski definition) is 0. The van der Waals surface area contributed by atoms with Crippen LogP contribution in [0.4, 0.5) is 5.69 Å². The Labute approximate surface area is 105 Å². The fraction of sp³-hybridized carbons (Fsp3) is 0.154. The number of ether oxygens (including phenoxy) is 1. The van der Waals surface area contributed by atoms with Gasteiger partial charge >= 0.3 is 0 Å². The summed E-state index contributed by atoms with van der Waals surface area (Å²) in [7, 11) is 3.89. The average Bonchev–Trinajstić information content (AvgIpc) is 2.39. The molecule has 0 spiro atoms. The van der Waals surface area contributed by atoms with Crippen molar-refractivity contribution in [3.63, 3.8) is 0 Å². The lowest BCUT2D eigenvalue weighted by Crippen LogP contribution is -2.08. The summed E-state index contributed by atoms with van der Waals surface area (Å²) >= 11 is 0. The third-order valence-electron chi connectivity index (χ3n) is 2.36. The van der Waals surface area contributed by atoms with E-state index >= 15 is 0 Å². The van der Waals surface area contributed by atoms with Crippen LogP contribution in [0, 0.1) is 11.3 Å². The molecule has 5 heteroatoms. The van der Waals surface area contributed by atoms with Crippen LogP contribution < -0.4 is 9.64 Å². The standard InChI is InChI=1S/C13H12N4O/c1-17(2)11-4-3-5-12(8-11)18-13-10(9-14)6-7-15-16-13/h3-8H,1-2H3. The fourth-order valence-electron chi connectivity index (χ4n) is 1.42. The molecule has 0 radical (unpaired) electrons. The Bertz CT molecular complexity index is 590. The van der Waals surface area contributed by atoms with E-state index in [0.29, 0.717) is 11.3 Å². The van der Waals surface area contributed by atoms with Crippen molar-refractivity contribution in [1.82, 2.24) is 10.2 Å². The zero-order valence-corrected chi connectivity index (χ0v) is 10.2. The molecule has 2 rings (SSSR count). The van der Waals surface area contributed by atoms with Gasteiger partial charge in [0.25, 0.3) is 5.88 Å². The normalized spacial score (nSPS) is 9.61. The summed E-state index contributed by atoms with van der Waals surface area (Å²) in [6, 6.07) is 11.1. The predicted molar refractivity (Wildman–Crippen MR) is 67.6 cm³/mol. The molecule has 0 fully saturated rings. The summed E-state index contributed by atoms with van der Waals surface area (Å²) in [5.41, 5.74) is 1.37. The lowest BCUT2D eigenvalue weighted by Gasteiger charge is -2.13. The third kappa shape index (κ3) is 2.55. The molecule has 0 aliphatic rings. The molecular formula is C13H12N4O. The molecule has 90 valence electrons. The summed E-state index contributed by atoms with van der Waals surface area (Å²) in [5.74, 6) is 0.842. The second-order valence-corrected chi connectivity index (χ2v) is 3.86. The Morgan fingerprint density at radius 3 is 2.83 bits per heavy atom. The van der Waals surface area contributed by atoms with Crippen LogP contribution in [0.2, 0.25) is 0 Å². The Morgan fingerprint density at radius 2 is 2.11 bits per heavy atom. The minimum absolute atomic E-state index is 0.218. The van der Waals surface area contributed by atoms with Crippen LogP contribution in [0.1, 0.15) is 5.56 Å². The molecule has 0 N–H and O–H groups in total. The lowest BCUT2D eigenvalue weighted by molar-refractivity contribution is 0.453. The summed E-state index contributed by atoms with van der Waals surface area (Å²) in [5, 5.41) is 16.5.